The van der Waals surface area contributed by atoms with E-state index in [-0.39, 0.29) is 0 Å². The lowest BCUT2D eigenvalue weighted by Gasteiger charge is -2.12. The van der Waals surface area contributed by atoms with E-state index in [0.29, 0.717) is 6.10 Å². The van der Waals surface area contributed by atoms with Crippen molar-refractivity contribution in [2.45, 2.75) is 45.6 Å². The van der Waals surface area contributed by atoms with E-state index in [1.165, 1.54) is 17.5 Å². The van der Waals surface area contributed by atoms with Crippen LogP contribution >= 0.6 is 0 Å². The van der Waals surface area contributed by atoms with Gasteiger partial charge in [-0.25, -0.2) is 0 Å². The maximum Gasteiger partial charge on any atom is 0.191 e. The van der Waals surface area contributed by atoms with Crippen LogP contribution in [0.3, 0.4) is 0 Å². The zero-order chi connectivity index (χ0) is 17.7. The predicted molar refractivity (Wildman–Crippen MR) is 103 cm³/mol. The molecule has 0 radical (unpaired) electrons. The van der Waals surface area contributed by atoms with Crippen LogP contribution in [0.25, 0.3) is 0 Å². The van der Waals surface area contributed by atoms with E-state index in [0.717, 1.165) is 64.7 Å². The van der Waals surface area contributed by atoms with Gasteiger partial charge in [-0.2, -0.15) is 0 Å². The fraction of sp³-hybridized carbons (Fsp3) is 0.650. The molecular weight excluding hydrogens is 314 g/mol. The van der Waals surface area contributed by atoms with Crippen molar-refractivity contribution in [2.24, 2.45) is 4.99 Å². The first-order chi connectivity index (χ1) is 12.3. The van der Waals surface area contributed by atoms with Gasteiger partial charge in [0.1, 0.15) is 0 Å². The lowest BCUT2D eigenvalue weighted by molar-refractivity contribution is 0.0171. The third kappa shape index (κ3) is 8.36. The number of rotatable bonds is 10. The van der Waals surface area contributed by atoms with Crippen LogP contribution in [0.5, 0.6) is 0 Å². The topological polar surface area (TPSA) is 54.9 Å². The van der Waals surface area contributed by atoms with Crippen LogP contribution < -0.4 is 10.6 Å². The van der Waals surface area contributed by atoms with E-state index < -0.39 is 0 Å². The highest BCUT2D eigenvalue weighted by molar-refractivity contribution is 5.79. The molecule has 5 nitrogen and oxygen atoms in total. The van der Waals surface area contributed by atoms with Crippen LogP contribution in [-0.2, 0) is 15.9 Å². The van der Waals surface area contributed by atoms with E-state index in [2.05, 4.69) is 53.7 Å². The van der Waals surface area contributed by atoms with Gasteiger partial charge in [-0.3, -0.25) is 4.99 Å². The van der Waals surface area contributed by atoms with Crippen LogP contribution in [0, 0.1) is 6.92 Å². The average Bonchev–Trinajstić information content (AvgIpc) is 3.13. The summed E-state index contributed by atoms with van der Waals surface area (Å²) in [4.78, 5) is 4.61. The number of guanidine groups is 1. The highest BCUT2D eigenvalue weighted by atomic mass is 16.5. The van der Waals surface area contributed by atoms with Gasteiger partial charge in [-0.1, -0.05) is 29.8 Å². The first kappa shape index (κ1) is 19.7. The summed E-state index contributed by atoms with van der Waals surface area (Å²) in [5.41, 5.74) is 2.64. The Morgan fingerprint density at radius 2 is 2.12 bits per heavy atom. The van der Waals surface area contributed by atoms with Crippen molar-refractivity contribution in [1.82, 2.24) is 10.6 Å². The number of ether oxygens (including phenoxy) is 2. The van der Waals surface area contributed by atoms with Gasteiger partial charge >= 0.3 is 0 Å². The average molecular weight is 348 g/mol. The van der Waals surface area contributed by atoms with Gasteiger partial charge in [0.25, 0.3) is 0 Å². The number of aryl methyl sites for hydroxylation is 1. The molecule has 5 heteroatoms. The van der Waals surface area contributed by atoms with Gasteiger partial charge in [-0.15, -0.1) is 0 Å². The number of nitrogens with zero attached hydrogens (tertiary/aromatic N) is 1. The Hall–Kier alpha value is -1.59. The lowest BCUT2D eigenvalue weighted by Crippen LogP contribution is -2.38. The molecule has 1 fully saturated rings. The minimum absolute atomic E-state index is 0.310. The summed E-state index contributed by atoms with van der Waals surface area (Å²) in [5, 5.41) is 6.69. The highest BCUT2D eigenvalue weighted by Crippen LogP contribution is 2.11. The van der Waals surface area contributed by atoms with Crippen LogP contribution in [0.1, 0.15) is 37.3 Å². The monoisotopic (exact) mass is 347 g/mol. The molecule has 0 saturated carbocycles. The minimum atomic E-state index is 0.310. The Kier molecular flexibility index (Phi) is 9.37. The number of hydrogen-bond donors (Lipinski definition) is 2. The Bertz CT molecular complexity index is 496. The van der Waals surface area contributed by atoms with E-state index in [1.807, 2.05) is 0 Å². The second kappa shape index (κ2) is 11.9. The molecule has 0 spiro atoms. The van der Waals surface area contributed by atoms with Crippen molar-refractivity contribution in [3.63, 3.8) is 0 Å². The second-order valence-electron chi connectivity index (χ2n) is 6.49. The Morgan fingerprint density at radius 3 is 2.84 bits per heavy atom. The van der Waals surface area contributed by atoms with E-state index in [1.54, 1.807) is 0 Å². The molecular formula is C20H33N3O2. The van der Waals surface area contributed by atoms with Crippen molar-refractivity contribution in [2.75, 3.05) is 39.5 Å². The van der Waals surface area contributed by atoms with Crippen molar-refractivity contribution in [1.29, 1.82) is 0 Å². The molecule has 140 valence electrons. The van der Waals surface area contributed by atoms with Crippen molar-refractivity contribution >= 4 is 5.96 Å². The molecule has 25 heavy (non-hydrogen) atoms. The smallest absolute Gasteiger partial charge is 0.191 e. The highest BCUT2D eigenvalue weighted by Gasteiger charge is 2.14. The number of hydrogen-bond acceptors (Lipinski definition) is 3. The predicted octanol–water partition coefficient (Wildman–Crippen LogP) is 2.68. The van der Waals surface area contributed by atoms with Gasteiger partial charge in [0.05, 0.1) is 12.7 Å². The SMILES string of the molecule is CCNC(=NCCCOCC1CCCO1)NCCc1ccc(C)cc1. The molecule has 0 amide bonds. The lowest BCUT2D eigenvalue weighted by atomic mass is 10.1. The summed E-state index contributed by atoms with van der Waals surface area (Å²) in [5.74, 6) is 0.883. The quantitative estimate of drug-likeness (QED) is 0.388. The molecule has 1 atom stereocenters. The van der Waals surface area contributed by atoms with Crippen molar-refractivity contribution in [3.05, 3.63) is 35.4 Å². The standard InChI is InChI=1S/C20H33N3O2/c1-3-21-20(23-13-11-18-9-7-17(2)8-10-18)22-12-5-14-24-16-19-6-4-15-25-19/h7-10,19H,3-6,11-16H2,1-2H3,(H2,21,22,23). The summed E-state index contributed by atoms with van der Waals surface area (Å²) in [7, 11) is 0. The Balaban J connectivity index is 1.59. The molecule has 0 bridgehead atoms. The fourth-order valence-corrected chi connectivity index (χ4v) is 2.77. The molecule has 1 heterocycles. The Labute approximate surface area is 152 Å². The van der Waals surface area contributed by atoms with Gasteiger partial charge in [-0.05, 0) is 45.1 Å². The van der Waals surface area contributed by atoms with Crippen LogP contribution in [0.4, 0.5) is 0 Å². The molecule has 1 saturated heterocycles. The summed E-state index contributed by atoms with van der Waals surface area (Å²) >= 11 is 0. The van der Waals surface area contributed by atoms with E-state index >= 15 is 0 Å². The Morgan fingerprint density at radius 1 is 1.28 bits per heavy atom. The van der Waals surface area contributed by atoms with Gasteiger partial charge in [0, 0.05) is 32.8 Å². The van der Waals surface area contributed by atoms with Crippen LogP contribution in [-0.4, -0.2) is 51.5 Å². The number of benzene rings is 1. The molecule has 1 aliphatic rings. The van der Waals surface area contributed by atoms with Crippen LogP contribution in [0.2, 0.25) is 0 Å². The minimum Gasteiger partial charge on any atom is -0.379 e. The van der Waals surface area contributed by atoms with E-state index in [9.17, 15) is 0 Å². The zero-order valence-electron chi connectivity index (χ0n) is 15.7. The van der Waals surface area contributed by atoms with Gasteiger partial charge in [0.2, 0.25) is 0 Å². The first-order valence-electron chi connectivity index (χ1n) is 9.55. The summed E-state index contributed by atoms with van der Waals surface area (Å²) in [6, 6.07) is 8.69. The molecule has 1 aromatic rings. The fourth-order valence-electron chi connectivity index (χ4n) is 2.77. The first-order valence-corrected chi connectivity index (χ1v) is 9.55. The van der Waals surface area contributed by atoms with Crippen molar-refractivity contribution < 1.29 is 9.47 Å². The molecule has 1 aliphatic heterocycles. The number of aliphatic imine (C=N–C) groups is 1. The maximum absolute atomic E-state index is 5.67. The molecule has 0 aromatic heterocycles. The number of nitrogens with one attached hydrogen (secondary N) is 2. The van der Waals surface area contributed by atoms with Gasteiger partial charge in [0.15, 0.2) is 5.96 Å². The molecule has 1 aromatic carbocycles. The maximum atomic E-state index is 5.67. The molecule has 2 rings (SSSR count). The van der Waals surface area contributed by atoms with E-state index in [4.69, 9.17) is 9.47 Å². The summed E-state index contributed by atoms with van der Waals surface area (Å²) in [6.45, 7) is 9.06. The summed E-state index contributed by atoms with van der Waals surface area (Å²) in [6.07, 6.45) is 4.53. The van der Waals surface area contributed by atoms with Gasteiger partial charge < -0.3 is 20.1 Å². The second-order valence-corrected chi connectivity index (χ2v) is 6.49. The molecule has 1 unspecified atom stereocenters. The third-order valence-corrected chi connectivity index (χ3v) is 4.22. The largest absolute Gasteiger partial charge is 0.379 e. The molecule has 0 aliphatic carbocycles. The molecule has 2 N–H and O–H groups in total. The summed E-state index contributed by atoms with van der Waals surface area (Å²) < 4.78 is 11.2. The third-order valence-electron chi connectivity index (χ3n) is 4.22. The normalized spacial score (nSPS) is 17.7. The van der Waals surface area contributed by atoms with Crippen LogP contribution in [0.15, 0.2) is 29.3 Å². The zero-order valence-corrected chi connectivity index (χ0v) is 15.7. The van der Waals surface area contributed by atoms with Crippen molar-refractivity contribution in [3.8, 4) is 0 Å².